The van der Waals surface area contributed by atoms with Crippen LogP contribution in [0.15, 0.2) is 24.3 Å². The molecular formula is C17H26N4O3. The lowest BCUT2D eigenvalue weighted by Gasteiger charge is -2.32. The molecule has 7 nitrogen and oxygen atoms in total. The first-order valence-electron chi connectivity index (χ1n) is 8.07. The molecular weight excluding hydrogens is 308 g/mol. The molecule has 0 spiro atoms. The molecule has 24 heavy (non-hydrogen) atoms. The second kappa shape index (κ2) is 7.63. The molecule has 1 fully saturated rings. The largest absolute Gasteiger partial charge is 0.444 e. The summed E-state index contributed by atoms with van der Waals surface area (Å²) in [6, 6.07) is 6.79. The zero-order valence-corrected chi connectivity index (χ0v) is 14.8. The molecule has 0 aromatic heterocycles. The van der Waals surface area contributed by atoms with E-state index in [-0.39, 0.29) is 5.91 Å². The van der Waals surface area contributed by atoms with Gasteiger partial charge in [-0.3, -0.25) is 15.5 Å². The van der Waals surface area contributed by atoms with Crippen molar-refractivity contribution in [2.24, 2.45) is 0 Å². The van der Waals surface area contributed by atoms with E-state index in [2.05, 4.69) is 22.7 Å². The van der Waals surface area contributed by atoms with Crippen molar-refractivity contribution in [2.45, 2.75) is 26.4 Å². The molecule has 1 aliphatic rings. The molecule has 0 radical (unpaired) electrons. The van der Waals surface area contributed by atoms with E-state index in [9.17, 15) is 9.59 Å². The van der Waals surface area contributed by atoms with E-state index in [0.717, 1.165) is 26.2 Å². The van der Waals surface area contributed by atoms with Crippen LogP contribution in [-0.2, 0) is 4.74 Å². The molecule has 1 heterocycles. The van der Waals surface area contributed by atoms with Gasteiger partial charge >= 0.3 is 6.09 Å². The smallest absolute Gasteiger partial charge is 0.412 e. The highest BCUT2D eigenvalue weighted by atomic mass is 16.6. The molecule has 0 unspecified atom stereocenters. The van der Waals surface area contributed by atoms with Gasteiger partial charge < -0.3 is 9.64 Å². The lowest BCUT2D eigenvalue weighted by Crippen LogP contribution is -2.52. The molecule has 0 bridgehead atoms. The minimum absolute atomic E-state index is 0.188. The zero-order valence-electron chi connectivity index (χ0n) is 14.8. The van der Waals surface area contributed by atoms with Crippen LogP contribution < -0.4 is 10.7 Å². The molecule has 1 aromatic rings. The van der Waals surface area contributed by atoms with Crippen LogP contribution in [0.1, 0.15) is 31.1 Å². The second-order valence-electron chi connectivity index (χ2n) is 6.94. The van der Waals surface area contributed by atoms with Gasteiger partial charge in [-0.2, -0.15) is 0 Å². The number of rotatable bonds is 3. The summed E-state index contributed by atoms with van der Waals surface area (Å²) in [4.78, 5) is 26.4. The number of carbonyl (C=O) groups is 2. The van der Waals surface area contributed by atoms with E-state index >= 15 is 0 Å². The number of nitrogens with one attached hydrogen (secondary N) is 2. The maximum atomic E-state index is 12.4. The van der Waals surface area contributed by atoms with Crippen LogP contribution in [0.25, 0.3) is 0 Å². The molecule has 7 heteroatoms. The summed E-state index contributed by atoms with van der Waals surface area (Å²) in [5.74, 6) is -0.188. The standard InChI is InChI=1S/C17H26N4O3/c1-17(2,3)24-16(23)18-14-7-5-6-13(12-14)15(22)19-21-10-8-20(4)9-11-21/h5-7,12H,8-11H2,1-4H3,(H,18,23)(H,19,22). The van der Waals surface area contributed by atoms with Crippen LogP contribution in [0.5, 0.6) is 0 Å². The van der Waals surface area contributed by atoms with Crippen molar-refractivity contribution in [1.29, 1.82) is 0 Å². The summed E-state index contributed by atoms with van der Waals surface area (Å²) < 4.78 is 5.21. The first-order valence-corrected chi connectivity index (χ1v) is 8.07. The Morgan fingerprint density at radius 3 is 2.42 bits per heavy atom. The predicted molar refractivity (Wildman–Crippen MR) is 92.8 cm³/mol. The van der Waals surface area contributed by atoms with E-state index < -0.39 is 11.7 Å². The highest BCUT2D eigenvalue weighted by molar-refractivity contribution is 5.96. The Kier molecular flexibility index (Phi) is 5.80. The highest BCUT2D eigenvalue weighted by Crippen LogP contribution is 2.14. The van der Waals surface area contributed by atoms with Gasteiger partial charge in [0.2, 0.25) is 0 Å². The summed E-state index contributed by atoms with van der Waals surface area (Å²) in [5, 5.41) is 4.55. The van der Waals surface area contributed by atoms with Crippen LogP contribution in [0.2, 0.25) is 0 Å². The Balaban J connectivity index is 1.94. The number of hydrogen-bond acceptors (Lipinski definition) is 5. The Labute approximate surface area is 142 Å². The number of hydrogen-bond donors (Lipinski definition) is 2. The number of likely N-dealkylation sites (N-methyl/N-ethyl adjacent to an activating group) is 1. The van der Waals surface area contributed by atoms with Crippen LogP contribution in [-0.4, -0.2) is 60.7 Å². The van der Waals surface area contributed by atoms with Crippen molar-refractivity contribution in [3.8, 4) is 0 Å². The van der Waals surface area contributed by atoms with Crippen molar-refractivity contribution in [3.63, 3.8) is 0 Å². The first-order chi connectivity index (χ1) is 11.2. The number of nitrogens with zero attached hydrogens (tertiary/aromatic N) is 2. The molecule has 132 valence electrons. The van der Waals surface area contributed by atoms with Crippen LogP contribution >= 0.6 is 0 Å². The minimum atomic E-state index is -0.569. The third kappa shape index (κ3) is 5.82. The number of ether oxygens (including phenoxy) is 1. The summed E-state index contributed by atoms with van der Waals surface area (Å²) in [5.41, 5.74) is 3.34. The van der Waals surface area contributed by atoms with Crippen LogP contribution in [0.3, 0.4) is 0 Å². The van der Waals surface area contributed by atoms with Gasteiger partial charge in [-0.05, 0) is 46.0 Å². The Morgan fingerprint density at radius 2 is 1.79 bits per heavy atom. The number of anilines is 1. The minimum Gasteiger partial charge on any atom is -0.444 e. The molecule has 1 aromatic carbocycles. The van der Waals surface area contributed by atoms with Crippen LogP contribution in [0, 0.1) is 0 Å². The van der Waals surface area contributed by atoms with Gasteiger partial charge in [-0.15, -0.1) is 0 Å². The normalized spacial score (nSPS) is 16.5. The Hall–Kier alpha value is -2.12. The fourth-order valence-electron chi connectivity index (χ4n) is 2.29. The molecule has 1 saturated heterocycles. The van der Waals surface area contributed by atoms with Crippen molar-refractivity contribution >= 4 is 17.7 Å². The van der Waals surface area contributed by atoms with Gasteiger partial charge in [0.1, 0.15) is 5.60 Å². The molecule has 1 aliphatic heterocycles. The molecule has 0 atom stereocenters. The lowest BCUT2D eigenvalue weighted by molar-refractivity contribution is 0.0632. The Morgan fingerprint density at radius 1 is 1.12 bits per heavy atom. The monoisotopic (exact) mass is 334 g/mol. The number of hydrazine groups is 1. The Bertz CT molecular complexity index is 590. The third-order valence-corrected chi connectivity index (χ3v) is 3.53. The summed E-state index contributed by atoms with van der Waals surface area (Å²) in [6.45, 7) is 8.81. The topological polar surface area (TPSA) is 73.9 Å². The van der Waals surface area contributed by atoms with E-state index in [1.54, 1.807) is 45.0 Å². The average Bonchev–Trinajstić information content (AvgIpc) is 2.48. The summed E-state index contributed by atoms with van der Waals surface area (Å²) >= 11 is 0. The van der Waals surface area contributed by atoms with Gasteiger partial charge in [0.15, 0.2) is 0 Å². The van der Waals surface area contributed by atoms with E-state index in [0.29, 0.717) is 11.3 Å². The number of carbonyl (C=O) groups excluding carboxylic acids is 2. The van der Waals surface area contributed by atoms with Crippen molar-refractivity contribution in [1.82, 2.24) is 15.3 Å². The van der Waals surface area contributed by atoms with Crippen molar-refractivity contribution < 1.29 is 14.3 Å². The molecule has 0 saturated carbocycles. The van der Waals surface area contributed by atoms with Crippen molar-refractivity contribution in [3.05, 3.63) is 29.8 Å². The van der Waals surface area contributed by atoms with E-state index in [1.165, 1.54) is 0 Å². The fraction of sp³-hybridized carbons (Fsp3) is 0.529. The van der Waals surface area contributed by atoms with E-state index in [1.807, 2.05) is 5.01 Å². The molecule has 2 amide bonds. The molecule has 0 aliphatic carbocycles. The predicted octanol–water partition coefficient (Wildman–Crippen LogP) is 1.93. The van der Waals surface area contributed by atoms with Gasteiger partial charge in [-0.1, -0.05) is 6.07 Å². The number of amides is 2. The summed E-state index contributed by atoms with van der Waals surface area (Å²) in [6.07, 6.45) is -0.542. The van der Waals surface area contributed by atoms with Crippen LogP contribution in [0.4, 0.5) is 10.5 Å². The molecule has 2 rings (SSSR count). The quantitative estimate of drug-likeness (QED) is 0.883. The third-order valence-electron chi connectivity index (χ3n) is 3.53. The lowest BCUT2D eigenvalue weighted by atomic mass is 10.2. The second-order valence-corrected chi connectivity index (χ2v) is 6.94. The van der Waals surface area contributed by atoms with Gasteiger partial charge in [0, 0.05) is 37.4 Å². The molecule has 2 N–H and O–H groups in total. The fourth-order valence-corrected chi connectivity index (χ4v) is 2.29. The van der Waals surface area contributed by atoms with Gasteiger partial charge in [0.25, 0.3) is 5.91 Å². The van der Waals surface area contributed by atoms with Gasteiger partial charge in [0.05, 0.1) is 0 Å². The number of piperazine rings is 1. The van der Waals surface area contributed by atoms with E-state index in [4.69, 9.17) is 4.74 Å². The first kappa shape index (κ1) is 18.2. The zero-order chi connectivity index (χ0) is 17.7. The summed E-state index contributed by atoms with van der Waals surface area (Å²) in [7, 11) is 2.06. The number of benzene rings is 1. The average molecular weight is 334 g/mol. The maximum absolute atomic E-state index is 12.4. The van der Waals surface area contributed by atoms with Gasteiger partial charge in [-0.25, -0.2) is 9.80 Å². The van der Waals surface area contributed by atoms with Crippen molar-refractivity contribution in [2.75, 3.05) is 38.5 Å². The maximum Gasteiger partial charge on any atom is 0.412 e. The SMILES string of the molecule is CN1CCN(NC(=O)c2cccc(NC(=O)OC(C)(C)C)c2)CC1. The highest BCUT2D eigenvalue weighted by Gasteiger charge is 2.18.